The normalized spacial score (nSPS) is 21.2. The first-order valence-electron chi connectivity index (χ1n) is 6.44. The molecule has 4 nitrogen and oxygen atoms in total. The number of hydrogen-bond acceptors (Lipinski definition) is 4. The largest absolute Gasteiger partial charge is 0.396 e. The summed E-state index contributed by atoms with van der Waals surface area (Å²) in [6.07, 6.45) is 3.70. The maximum absolute atomic E-state index is 12.4. The lowest BCUT2D eigenvalue weighted by atomic mass is 10.1. The maximum atomic E-state index is 12.4. The van der Waals surface area contributed by atoms with Gasteiger partial charge in [-0.25, -0.2) is 0 Å². The molecule has 2 atom stereocenters. The van der Waals surface area contributed by atoms with Crippen LogP contribution in [0.3, 0.4) is 0 Å². The summed E-state index contributed by atoms with van der Waals surface area (Å²) in [5, 5.41) is 10.8. The highest BCUT2D eigenvalue weighted by Crippen LogP contribution is 2.26. The van der Waals surface area contributed by atoms with Crippen molar-refractivity contribution in [3.05, 3.63) is 22.4 Å². The third kappa shape index (κ3) is 2.91. The lowest BCUT2D eigenvalue weighted by Gasteiger charge is -2.27. The van der Waals surface area contributed by atoms with Crippen molar-refractivity contribution in [1.82, 2.24) is 4.90 Å². The molecular formula is C13H20N2O2S. The van der Waals surface area contributed by atoms with Crippen LogP contribution < -0.4 is 5.73 Å². The summed E-state index contributed by atoms with van der Waals surface area (Å²) in [6, 6.07) is 3.56. The van der Waals surface area contributed by atoms with Crippen molar-refractivity contribution in [1.29, 1.82) is 0 Å². The molecule has 0 saturated carbocycles. The van der Waals surface area contributed by atoms with E-state index in [1.807, 2.05) is 22.4 Å². The van der Waals surface area contributed by atoms with Gasteiger partial charge in [-0.15, -0.1) is 11.3 Å². The quantitative estimate of drug-likeness (QED) is 0.850. The summed E-state index contributed by atoms with van der Waals surface area (Å²) in [5.41, 5.74) is 6.02. The summed E-state index contributed by atoms with van der Waals surface area (Å²) in [7, 11) is 0. The highest BCUT2D eigenvalue weighted by Gasteiger charge is 2.32. The average Bonchev–Trinajstić information content (AvgIpc) is 3.05. The van der Waals surface area contributed by atoms with Crippen molar-refractivity contribution in [2.75, 3.05) is 13.2 Å². The predicted octanol–water partition coefficient (Wildman–Crippen LogP) is 1.51. The number of carbonyl (C=O) groups excluding carboxylic acids is 1. The van der Waals surface area contributed by atoms with Gasteiger partial charge in [0.15, 0.2) is 0 Å². The number of nitrogens with two attached hydrogens (primary N) is 1. The van der Waals surface area contributed by atoms with Crippen LogP contribution in [-0.2, 0) is 4.79 Å². The second-order valence-electron chi connectivity index (χ2n) is 4.69. The Morgan fingerprint density at radius 3 is 3.17 bits per heavy atom. The molecule has 1 aliphatic heterocycles. The molecule has 100 valence electrons. The Morgan fingerprint density at radius 2 is 2.50 bits per heavy atom. The van der Waals surface area contributed by atoms with E-state index in [4.69, 9.17) is 10.8 Å². The van der Waals surface area contributed by atoms with E-state index in [1.54, 1.807) is 0 Å². The van der Waals surface area contributed by atoms with E-state index < -0.39 is 6.04 Å². The van der Waals surface area contributed by atoms with Crippen molar-refractivity contribution in [2.24, 2.45) is 5.73 Å². The van der Waals surface area contributed by atoms with Gasteiger partial charge in [0.1, 0.15) is 6.04 Å². The van der Waals surface area contributed by atoms with Crippen molar-refractivity contribution in [3.63, 3.8) is 0 Å². The Balaban J connectivity index is 1.99. The predicted molar refractivity (Wildman–Crippen MR) is 72.3 cm³/mol. The van der Waals surface area contributed by atoms with Gasteiger partial charge < -0.3 is 15.7 Å². The highest BCUT2D eigenvalue weighted by atomic mass is 32.1. The van der Waals surface area contributed by atoms with Crippen LogP contribution in [0.15, 0.2) is 17.5 Å². The van der Waals surface area contributed by atoms with Crippen LogP contribution in [-0.4, -0.2) is 35.1 Å². The number of amides is 1. The van der Waals surface area contributed by atoms with Crippen LogP contribution >= 0.6 is 11.3 Å². The topological polar surface area (TPSA) is 66.6 Å². The summed E-state index contributed by atoms with van der Waals surface area (Å²) in [4.78, 5) is 15.2. The Bertz CT molecular complexity index is 380. The lowest BCUT2D eigenvalue weighted by Crippen LogP contribution is -2.41. The summed E-state index contributed by atoms with van der Waals surface area (Å²) < 4.78 is 0. The van der Waals surface area contributed by atoms with Gasteiger partial charge in [0.2, 0.25) is 5.91 Å². The Morgan fingerprint density at radius 1 is 1.67 bits per heavy atom. The number of likely N-dealkylation sites (tertiary alicyclic amines) is 1. The fourth-order valence-electron chi connectivity index (χ4n) is 2.52. The molecular weight excluding hydrogens is 248 g/mol. The van der Waals surface area contributed by atoms with Gasteiger partial charge in [0.05, 0.1) is 0 Å². The minimum absolute atomic E-state index is 0.0258. The molecule has 2 unspecified atom stereocenters. The van der Waals surface area contributed by atoms with Gasteiger partial charge in [-0.2, -0.15) is 0 Å². The molecule has 0 radical (unpaired) electrons. The SMILES string of the molecule is NC(C(=O)N1CCCC1CCCO)c1cccs1. The first kappa shape index (κ1) is 13.5. The number of aliphatic hydroxyl groups excluding tert-OH is 1. The van der Waals surface area contributed by atoms with Gasteiger partial charge in [0, 0.05) is 24.1 Å². The van der Waals surface area contributed by atoms with Crippen LogP contribution in [0.25, 0.3) is 0 Å². The van der Waals surface area contributed by atoms with E-state index in [2.05, 4.69) is 0 Å². The molecule has 0 aliphatic carbocycles. The first-order valence-corrected chi connectivity index (χ1v) is 7.32. The van der Waals surface area contributed by atoms with Gasteiger partial charge in [-0.1, -0.05) is 6.07 Å². The summed E-state index contributed by atoms with van der Waals surface area (Å²) >= 11 is 1.52. The molecule has 18 heavy (non-hydrogen) atoms. The maximum Gasteiger partial charge on any atom is 0.245 e. The van der Waals surface area contributed by atoms with E-state index in [9.17, 15) is 4.79 Å². The molecule has 2 rings (SSSR count). The summed E-state index contributed by atoms with van der Waals surface area (Å²) in [5.74, 6) is 0.0258. The van der Waals surface area contributed by atoms with Crippen molar-refractivity contribution in [3.8, 4) is 0 Å². The van der Waals surface area contributed by atoms with Crippen molar-refractivity contribution >= 4 is 17.2 Å². The molecule has 1 saturated heterocycles. The molecule has 0 bridgehead atoms. The van der Waals surface area contributed by atoms with Crippen LogP contribution in [0, 0.1) is 0 Å². The third-order valence-electron chi connectivity index (χ3n) is 3.47. The number of rotatable bonds is 5. The van der Waals surface area contributed by atoms with Crippen LogP contribution in [0.1, 0.15) is 36.6 Å². The molecule has 1 aliphatic rings. The zero-order valence-electron chi connectivity index (χ0n) is 10.4. The molecule has 1 aromatic heterocycles. The van der Waals surface area contributed by atoms with Gasteiger partial charge in [0.25, 0.3) is 0 Å². The Kier molecular flexibility index (Phi) is 4.74. The van der Waals surface area contributed by atoms with E-state index >= 15 is 0 Å². The minimum Gasteiger partial charge on any atom is -0.396 e. The van der Waals surface area contributed by atoms with E-state index in [-0.39, 0.29) is 18.6 Å². The number of hydrogen-bond donors (Lipinski definition) is 2. The molecule has 3 N–H and O–H groups in total. The van der Waals surface area contributed by atoms with E-state index in [0.717, 1.165) is 37.1 Å². The van der Waals surface area contributed by atoms with Crippen LogP contribution in [0.2, 0.25) is 0 Å². The van der Waals surface area contributed by atoms with Crippen molar-refractivity contribution < 1.29 is 9.90 Å². The zero-order chi connectivity index (χ0) is 13.0. The number of carbonyl (C=O) groups is 1. The zero-order valence-corrected chi connectivity index (χ0v) is 11.2. The molecule has 5 heteroatoms. The smallest absolute Gasteiger partial charge is 0.245 e. The molecule has 2 heterocycles. The minimum atomic E-state index is -0.528. The second-order valence-corrected chi connectivity index (χ2v) is 5.67. The van der Waals surface area contributed by atoms with E-state index in [0.29, 0.717) is 0 Å². The monoisotopic (exact) mass is 268 g/mol. The Hall–Kier alpha value is -0.910. The molecule has 1 amide bonds. The fourth-order valence-corrected chi connectivity index (χ4v) is 3.24. The summed E-state index contributed by atoms with van der Waals surface area (Å²) in [6.45, 7) is 0.990. The average molecular weight is 268 g/mol. The van der Waals surface area contributed by atoms with E-state index in [1.165, 1.54) is 11.3 Å². The third-order valence-corrected chi connectivity index (χ3v) is 4.43. The van der Waals surface area contributed by atoms with Crippen molar-refractivity contribution in [2.45, 2.75) is 37.8 Å². The Labute approximate surface area is 111 Å². The molecule has 1 fully saturated rings. The first-order chi connectivity index (χ1) is 8.74. The van der Waals surface area contributed by atoms with Gasteiger partial charge in [-0.3, -0.25) is 4.79 Å². The van der Waals surface area contributed by atoms with Crippen LogP contribution in [0.5, 0.6) is 0 Å². The van der Waals surface area contributed by atoms with Gasteiger partial charge >= 0.3 is 0 Å². The molecule has 0 aromatic carbocycles. The lowest BCUT2D eigenvalue weighted by molar-refractivity contribution is -0.133. The fraction of sp³-hybridized carbons (Fsp3) is 0.615. The standard InChI is InChI=1S/C13H20N2O2S/c14-12(11-6-3-9-18-11)13(17)15-7-1-4-10(15)5-2-8-16/h3,6,9-10,12,16H,1-2,4-5,7-8,14H2. The molecule has 1 aromatic rings. The van der Waals surface area contributed by atoms with Crippen LogP contribution in [0.4, 0.5) is 0 Å². The number of thiophene rings is 1. The number of nitrogens with zero attached hydrogens (tertiary/aromatic N) is 1. The second kappa shape index (κ2) is 6.31. The molecule has 0 spiro atoms. The highest BCUT2D eigenvalue weighted by molar-refractivity contribution is 7.10. The number of aliphatic hydroxyl groups is 1. The van der Waals surface area contributed by atoms with Gasteiger partial charge in [-0.05, 0) is 37.1 Å².